The van der Waals surface area contributed by atoms with E-state index in [1.165, 1.54) is 12.1 Å². The van der Waals surface area contributed by atoms with Crippen molar-refractivity contribution in [3.63, 3.8) is 0 Å². The fraction of sp³-hybridized carbons (Fsp3) is 0.429. The van der Waals surface area contributed by atoms with Gasteiger partial charge in [-0.2, -0.15) is 0 Å². The van der Waals surface area contributed by atoms with Gasteiger partial charge in [0.15, 0.2) is 0 Å². The number of fused-ring (bicyclic) bond motifs is 1. The van der Waals surface area contributed by atoms with Crippen molar-refractivity contribution in [2.24, 2.45) is 5.92 Å². The Labute approximate surface area is 109 Å². The van der Waals surface area contributed by atoms with Crippen molar-refractivity contribution in [2.45, 2.75) is 33.1 Å². The molecular weight excluding hydrogens is 255 g/mol. The molecule has 2 aromatic rings. The Bertz CT molecular complexity index is 572. The summed E-state index contributed by atoms with van der Waals surface area (Å²) in [4.78, 5) is 3.08. The van der Waals surface area contributed by atoms with Gasteiger partial charge >= 0.3 is 6.36 Å². The van der Waals surface area contributed by atoms with Crippen LogP contribution in [0.15, 0.2) is 24.4 Å². The molecule has 1 aromatic heterocycles. The lowest BCUT2D eigenvalue weighted by atomic mass is 9.90. The summed E-state index contributed by atoms with van der Waals surface area (Å²) in [7, 11) is 0. The molecule has 1 N–H and O–H groups in total. The summed E-state index contributed by atoms with van der Waals surface area (Å²) in [6, 6.07) is 4.36. The van der Waals surface area contributed by atoms with E-state index in [2.05, 4.69) is 30.5 Å². The lowest BCUT2D eigenvalue weighted by Crippen LogP contribution is -2.17. The standard InChI is InChI=1S/C14H16F3NO/c1-8(2)9(3)12-7-18-13-5-4-10(6-11(12)13)19-14(15,16)17/h4-9,18H,1-3H3. The monoisotopic (exact) mass is 271 g/mol. The minimum absolute atomic E-state index is 0.184. The van der Waals surface area contributed by atoms with Gasteiger partial charge in [-0.25, -0.2) is 0 Å². The van der Waals surface area contributed by atoms with Crippen molar-refractivity contribution in [3.05, 3.63) is 30.0 Å². The van der Waals surface area contributed by atoms with Gasteiger partial charge in [0.05, 0.1) is 0 Å². The van der Waals surface area contributed by atoms with Gasteiger partial charge in [0.2, 0.25) is 0 Å². The number of alkyl halides is 3. The van der Waals surface area contributed by atoms with Crippen molar-refractivity contribution in [1.29, 1.82) is 0 Å². The van der Waals surface area contributed by atoms with E-state index in [0.717, 1.165) is 16.5 Å². The third-order valence-corrected chi connectivity index (χ3v) is 3.41. The number of ether oxygens (including phenoxy) is 1. The minimum atomic E-state index is -4.66. The van der Waals surface area contributed by atoms with Crippen LogP contribution >= 0.6 is 0 Å². The van der Waals surface area contributed by atoms with Crippen LogP contribution < -0.4 is 4.74 Å². The third-order valence-electron chi connectivity index (χ3n) is 3.41. The fourth-order valence-corrected chi connectivity index (χ4v) is 2.05. The molecule has 0 saturated heterocycles. The molecule has 19 heavy (non-hydrogen) atoms. The third kappa shape index (κ3) is 3.03. The number of aromatic nitrogens is 1. The summed E-state index contributed by atoms with van der Waals surface area (Å²) in [6.07, 6.45) is -2.81. The predicted octanol–water partition coefficient (Wildman–Crippen LogP) is 4.83. The van der Waals surface area contributed by atoms with Crippen LogP contribution in [0.4, 0.5) is 13.2 Å². The minimum Gasteiger partial charge on any atom is -0.406 e. The predicted molar refractivity (Wildman–Crippen MR) is 68.2 cm³/mol. The van der Waals surface area contributed by atoms with Crippen molar-refractivity contribution in [3.8, 4) is 5.75 Å². The molecule has 0 radical (unpaired) electrons. The molecule has 2 nitrogen and oxygen atoms in total. The number of hydrogen-bond acceptors (Lipinski definition) is 1. The maximum atomic E-state index is 12.2. The van der Waals surface area contributed by atoms with Crippen LogP contribution in [0.1, 0.15) is 32.3 Å². The molecule has 5 heteroatoms. The summed E-state index contributed by atoms with van der Waals surface area (Å²) in [5, 5.41) is 0.781. The first-order valence-corrected chi connectivity index (χ1v) is 6.14. The van der Waals surface area contributed by atoms with Gasteiger partial charge < -0.3 is 9.72 Å². The molecule has 104 valence electrons. The van der Waals surface area contributed by atoms with Crippen LogP contribution in [0, 0.1) is 5.92 Å². The van der Waals surface area contributed by atoms with Crippen molar-refractivity contribution in [2.75, 3.05) is 0 Å². The van der Waals surface area contributed by atoms with Crippen LogP contribution in [0.5, 0.6) is 5.75 Å². The van der Waals surface area contributed by atoms with Crippen molar-refractivity contribution >= 4 is 10.9 Å². The molecule has 0 aliphatic heterocycles. The molecule has 0 fully saturated rings. The summed E-state index contributed by atoms with van der Waals surface area (Å²) < 4.78 is 40.6. The highest BCUT2D eigenvalue weighted by atomic mass is 19.4. The molecule has 0 amide bonds. The summed E-state index contributed by atoms with van der Waals surface area (Å²) >= 11 is 0. The van der Waals surface area contributed by atoms with Crippen LogP contribution in [0.25, 0.3) is 10.9 Å². The van der Waals surface area contributed by atoms with Crippen LogP contribution in [0.3, 0.4) is 0 Å². The molecule has 0 bridgehead atoms. The van der Waals surface area contributed by atoms with Gasteiger partial charge in [-0.05, 0) is 35.6 Å². The zero-order chi connectivity index (χ0) is 14.2. The molecule has 1 unspecified atom stereocenters. The Hall–Kier alpha value is -1.65. The van der Waals surface area contributed by atoms with Gasteiger partial charge in [-0.15, -0.1) is 13.2 Å². The highest BCUT2D eigenvalue weighted by Gasteiger charge is 2.31. The SMILES string of the molecule is CC(C)C(C)c1c[nH]c2ccc(OC(F)(F)F)cc12. The van der Waals surface area contributed by atoms with E-state index < -0.39 is 6.36 Å². The number of nitrogens with one attached hydrogen (secondary N) is 1. The van der Waals surface area contributed by atoms with E-state index in [0.29, 0.717) is 5.92 Å². The summed E-state index contributed by atoms with van der Waals surface area (Å²) in [5.41, 5.74) is 1.83. The fourth-order valence-electron chi connectivity index (χ4n) is 2.05. The van der Waals surface area contributed by atoms with Gasteiger partial charge in [0.25, 0.3) is 0 Å². The average Bonchev–Trinajstić information content (AvgIpc) is 2.68. The van der Waals surface area contributed by atoms with Crippen molar-refractivity contribution < 1.29 is 17.9 Å². The molecule has 2 rings (SSSR count). The largest absolute Gasteiger partial charge is 0.573 e. The second-order valence-electron chi connectivity index (χ2n) is 5.03. The average molecular weight is 271 g/mol. The number of aromatic amines is 1. The van der Waals surface area contributed by atoms with E-state index in [9.17, 15) is 13.2 Å². The van der Waals surface area contributed by atoms with Gasteiger partial charge in [0, 0.05) is 17.1 Å². The van der Waals surface area contributed by atoms with Crippen LogP contribution in [-0.4, -0.2) is 11.3 Å². The lowest BCUT2D eigenvalue weighted by molar-refractivity contribution is -0.274. The summed E-state index contributed by atoms with van der Waals surface area (Å²) in [5.74, 6) is 0.484. The highest BCUT2D eigenvalue weighted by molar-refractivity contribution is 5.85. The quantitative estimate of drug-likeness (QED) is 0.850. The Morgan fingerprint density at radius 3 is 2.42 bits per heavy atom. The van der Waals surface area contributed by atoms with Gasteiger partial charge in [0.1, 0.15) is 5.75 Å². The number of hydrogen-bond donors (Lipinski definition) is 1. The van der Waals surface area contributed by atoms with E-state index in [-0.39, 0.29) is 11.7 Å². The molecule has 0 saturated carbocycles. The Morgan fingerprint density at radius 1 is 1.16 bits per heavy atom. The van der Waals surface area contributed by atoms with Gasteiger partial charge in [-0.1, -0.05) is 20.8 Å². The van der Waals surface area contributed by atoms with Crippen LogP contribution in [-0.2, 0) is 0 Å². The van der Waals surface area contributed by atoms with E-state index in [1.807, 2.05) is 6.20 Å². The first kappa shape index (κ1) is 13.8. The lowest BCUT2D eigenvalue weighted by Gasteiger charge is -2.15. The number of benzene rings is 1. The molecule has 1 aromatic carbocycles. The Kier molecular flexibility index (Phi) is 3.47. The number of rotatable bonds is 3. The zero-order valence-corrected chi connectivity index (χ0v) is 11.0. The molecule has 0 aliphatic carbocycles. The first-order chi connectivity index (χ1) is 8.78. The normalized spacial score (nSPS) is 14.1. The zero-order valence-electron chi connectivity index (χ0n) is 11.0. The number of H-pyrrole nitrogens is 1. The molecular formula is C14H16F3NO. The smallest absolute Gasteiger partial charge is 0.406 e. The maximum Gasteiger partial charge on any atom is 0.573 e. The Morgan fingerprint density at radius 2 is 1.84 bits per heavy atom. The van der Waals surface area contributed by atoms with E-state index >= 15 is 0 Å². The molecule has 0 aliphatic rings. The van der Waals surface area contributed by atoms with E-state index in [1.54, 1.807) is 6.07 Å². The molecule has 1 heterocycles. The second kappa shape index (κ2) is 4.79. The van der Waals surface area contributed by atoms with Crippen molar-refractivity contribution in [1.82, 2.24) is 4.98 Å². The summed E-state index contributed by atoms with van der Waals surface area (Å²) in [6.45, 7) is 6.23. The first-order valence-electron chi connectivity index (χ1n) is 6.14. The topological polar surface area (TPSA) is 25.0 Å². The molecule has 1 atom stereocenters. The van der Waals surface area contributed by atoms with Crippen LogP contribution in [0.2, 0.25) is 0 Å². The second-order valence-corrected chi connectivity index (χ2v) is 5.03. The number of halogens is 3. The Balaban J connectivity index is 2.43. The molecule has 0 spiro atoms. The highest BCUT2D eigenvalue weighted by Crippen LogP contribution is 2.33. The maximum absolute atomic E-state index is 12.2. The van der Waals surface area contributed by atoms with Gasteiger partial charge in [-0.3, -0.25) is 0 Å². The van der Waals surface area contributed by atoms with E-state index in [4.69, 9.17) is 0 Å².